The molecule has 2 aromatic rings. The van der Waals surface area contributed by atoms with E-state index >= 15 is 0 Å². The topological polar surface area (TPSA) is 97.4 Å². The van der Waals surface area contributed by atoms with Crippen LogP contribution in [0.2, 0.25) is 0 Å². The first kappa shape index (κ1) is 16.7. The number of methoxy groups -OCH3 is 1. The summed E-state index contributed by atoms with van der Waals surface area (Å²) < 4.78 is 45.5. The lowest BCUT2D eigenvalue weighted by atomic mass is 10.2. The van der Waals surface area contributed by atoms with Crippen LogP contribution in [0.1, 0.15) is 21.8 Å². The molecule has 0 bridgehead atoms. The van der Waals surface area contributed by atoms with Crippen molar-refractivity contribution in [3.63, 3.8) is 0 Å². The van der Waals surface area contributed by atoms with E-state index in [9.17, 15) is 17.6 Å². The number of carbonyl (C=O) groups excluding carboxylic acids is 1. The highest BCUT2D eigenvalue weighted by Crippen LogP contribution is 2.28. The molecule has 0 atom stereocenters. The summed E-state index contributed by atoms with van der Waals surface area (Å²) in [6.45, 7) is 0.564. The molecule has 0 saturated carbocycles. The van der Waals surface area contributed by atoms with E-state index < -0.39 is 15.8 Å². The Kier molecular flexibility index (Phi) is 4.41. The largest absolute Gasteiger partial charge is 0.494 e. The van der Waals surface area contributed by atoms with Gasteiger partial charge in [-0.05, 0) is 31.0 Å². The zero-order valence-electron chi connectivity index (χ0n) is 12.6. The molecule has 2 N–H and O–H groups in total. The molecule has 0 saturated heterocycles. The molecule has 7 nitrogen and oxygen atoms in total. The summed E-state index contributed by atoms with van der Waals surface area (Å²) in [5.41, 5.74) is 0.564. The van der Waals surface area contributed by atoms with E-state index in [1.54, 1.807) is 0 Å². The van der Waals surface area contributed by atoms with Gasteiger partial charge in [0.25, 0.3) is 15.9 Å². The third-order valence-electron chi connectivity index (χ3n) is 3.43. The minimum Gasteiger partial charge on any atom is -0.494 e. The molecular weight excluding hydrogens is 357 g/mol. The van der Waals surface area contributed by atoms with Gasteiger partial charge < -0.3 is 10.1 Å². The molecule has 1 amide bonds. The number of thiazole rings is 1. The monoisotopic (exact) mass is 371 g/mol. The predicted octanol–water partition coefficient (Wildman–Crippen LogP) is 1.77. The normalized spacial score (nSPS) is 14.5. The van der Waals surface area contributed by atoms with Gasteiger partial charge in [0.1, 0.15) is 4.88 Å². The summed E-state index contributed by atoms with van der Waals surface area (Å²) >= 11 is 0.958. The van der Waals surface area contributed by atoms with E-state index in [4.69, 9.17) is 4.74 Å². The Bertz CT molecular complexity index is 895. The number of aryl methyl sites for hydroxylation is 1. The number of anilines is 1. The Balaban J connectivity index is 1.89. The maximum atomic E-state index is 13.7. The van der Waals surface area contributed by atoms with Crippen LogP contribution in [0, 0.1) is 5.82 Å². The summed E-state index contributed by atoms with van der Waals surface area (Å²) in [6, 6.07) is 3.33. The zero-order valence-corrected chi connectivity index (χ0v) is 14.3. The molecule has 1 aliphatic rings. The number of rotatable bonds is 4. The summed E-state index contributed by atoms with van der Waals surface area (Å²) in [6.07, 6.45) is 1.32. The van der Waals surface area contributed by atoms with Gasteiger partial charge in [0, 0.05) is 6.54 Å². The molecule has 3 rings (SSSR count). The molecule has 1 aromatic heterocycles. The van der Waals surface area contributed by atoms with Gasteiger partial charge in [-0.2, -0.15) is 0 Å². The van der Waals surface area contributed by atoms with E-state index in [2.05, 4.69) is 15.0 Å². The highest BCUT2D eigenvalue weighted by molar-refractivity contribution is 7.93. The predicted molar refractivity (Wildman–Crippen MR) is 86.5 cm³/mol. The van der Waals surface area contributed by atoms with Crippen molar-refractivity contribution < 1.29 is 22.3 Å². The van der Waals surface area contributed by atoms with Gasteiger partial charge in [-0.25, -0.2) is 17.8 Å². The lowest BCUT2D eigenvalue weighted by Gasteiger charge is -2.07. The standard InChI is InChI=1S/C14H14FN3O4S2/c1-22-11-5-4-8(7-9(11)15)24(20,21)18-14-17-10-3-2-6-16-13(19)12(10)23-14/h4-5,7H,2-3,6H2,1H3,(H,16,19)(H,17,18). The summed E-state index contributed by atoms with van der Waals surface area (Å²) in [5, 5.41) is 2.80. The molecule has 0 unspecified atom stereocenters. The van der Waals surface area contributed by atoms with Gasteiger partial charge in [0.2, 0.25) is 0 Å². The average Bonchev–Trinajstić information content (AvgIpc) is 2.85. The second kappa shape index (κ2) is 6.36. The number of sulfonamides is 1. The fraction of sp³-hybridized carbons (Fsp3) is 0.286. The van der Waals surface area contributed by atoms with Gasteiger partial charge in [-0.3, -0.25) is 9.52 Å². The summed E-state index contributed by atoms with van der Waals surface area (Å²) in [7, 11) is -2.73. The van der Waals surface area contributed by atoms with Crippen LogP contribution >= 0.6 is 11.3 Å². The molecule has 0 aliphatic carbocycles. The number of nitrogens with zero attached hydrogens (tertiary/aromatic N) is 1. The number of hydrogen-bond donors (Lipinski definition) is 2. The first-order valence-corrected chi connectivity index (χ1v) is 9.35. The molecule has 1 aliphatic heterocycles. The maximum absolute atomic E-state index is 13.7. The van der Waals surface area contributed by atoms with Crippen LogP contribution in [0.3, 0.4) is 0 Å². The molecule has 128 valence electrons. The number of aromatic nitrogens is 1. The van der Waals surface area contributed by atoms with Crippen LogP contribution in [0.25, 0.3) is 0 Å². The quantitative estimate of drug-likeness (QED) is 0.854. The smallest absolute Gasteiger partial charge is 0.263 e. The Morgan fingerprint density at radius 2 is 2.21 bits per heavy atom. The van der Waals surface area contributed by atoms with Crippen LogP contribution in [-0.4, -0.2) is 33.0 Å². The number of benzene rings is 1. The Hall–Kier alpha value is -2.20. The van der Waals surface area contributed by atoms with Crippen LogP contribution in [0.15, 0.2) is 23.1 Å². The van der Waals surface area contributed by atoms with Crippen molar-refractivity contribution in [1.82, 2.24) is 10.3 Å². The highest BCUT2D eigenvalue weighted by atomic mass is 32.2. The Morgan fingerprint density at radius 1 is 1.42 bits per heavy atom. The highest BCUT2D eigenvalue weighted by Gasteiger charge is 2.24. The third kappa shape index (κ3) is 3.20. The van der Waals surface area contributed by atoms with E-state index in [0.717, 1.165) is 23.8 Å². The second-order valence-electron chi connectivity index (χ2n) is 5.06. The van der Waals surface area contributed by atoms with E-state index in [-0.39, 0.29) is 21.7 Å². The number of halogens is 1. The fourth-order valence-electron chi connectivity index (χ4n) is 2.27. The van der Waals surface area contributed by atoms with Gasteiger partial charge >= 0.3 is 0 Å². The zero-order chi connectivity index (χ0) is 17.3. The summed E-state index contributed by atoms with van der Waals surface area (Å²) in [4.78, 5) is 16.2. The van der Waals surface area contributed by atoms with Gasteiger partial charge in [-0.15, -0.1) is 0 Å². The molecule has 0 fully saturated rings. The van der Waals surface area contributed by atoms with Gasteiger partial charge in [-0.1, -0.05) is 11.3 Å². The summed E-state index contributed by atoms with van der Waals surface area (Å²) in [5.74, 6) is -1.10. The van der Waals surface area contributed by atoms with E-state index in [0.29, 0.717) is 23.5 Å². The minimum atomic E-state index is -4.02. The minimum absolute atomic E-state index is 0.0495. The molecule has 0 spiro atoms. The van der Waals surface area contributed by atoms with Crippen LogP contribution < -0.4 is 14.8 Å². The Morgan fingerprint density at radius 3 is 2.92 bits per heavy atom. The number of nitrogens with one attached hydrogen (secondary N) is 2. The fourth-order valence-corrected chi connectivity index (χ4v) is 4.44. The number of carbonyl (C=O) groups is 1. The van der Waals surface area contributed by atoms with Crippen molar-refractivity contribution in [3.05, 3.63) is 34.6 Å². The number of ether oxygens (including phenoxy) is 1. The van der Waals surface area contributed by atoms with E-state index in [1.807, 2.05) is 0 Å². The van der Waals surface area contributed by atoms with Crippen molar-refractivity contribution in [2.24, 2.45) is 0 Å². The molecule has 24 heavy (non-hydrogen) atoms. The first-order valence-electron chi connectivity index (χ1n) is 7.05. The average molecular weight is 371 g/mol. The number of hydrogen-bond acceptors (Lipinski definition) is 6. The number of fused-ring (bicyclic) bond motifs is 1. The van der Waals surface area contributed by atoms with Gasteiger partial charge in [0.05, 0.1) is 17.7 Å². The molecule has 10 heteroatoms. The Labute approximate surface area is 141 Å². The SMILES string of the molecule is COc1ccc(S(=O)(=O)Nc2nc3c(s2)C(=O)NCCC3)cc1F. The first-order chi connectivity index (χ1) is 11.4. The van der Waals surface area contributed by atoms with Crippen molar-refractivity contribution in [1.29, 1.82) is 0 Å². The third-order valence-corrected chi connectivity index (χ3v) is 5.91. The molecular formula is C14H14FN3O4S2. The van der Waals surface area contributed by atoms with Crippen LogP contribution in [0.4, 0.5) is 9.52 Å². The van der Waals surface area contributed by atoms with Crippen molar-refractivity contribution in [2.45, 2.75) is 17.7 Å². The molecule has 0 radical (unpaired) electrons. The molecule has 2 heterocycles. The van der Waals surface area contributed by atoms with Crippen molar-refractivity contribution in [3.8, 4) is 5.75 Å². The lowest BCUT2D eigenvalue weighted by Crippen LogP contribution is -2.21. The van der Waals surface area contributed by atoms with Crippen molar-refractivity contribution >= 4 is 32.4 Å². The second-order valence-corrected chi connectivity index (χ2v) is 7.74. The van der Waals surface area contributed by atoms with Crippen LogP contribution in [0.5, 0.6) is 5.75 Å². The van der Waals surface area contributed by atoms with Crippen molar-refractivity contribution in [2.75, 3.05) is 18.4 Å². The maximum Gasteiger partial charge on any atom is 0.263 e. The van der Waals surface area contributed by atoms with E-state index in [1.165, 1.54) is 19.2 Å². The lowest BCUT2D eigenvalue weighted by molar-refractivity contribution is 0.0960. The van der Waals surface area contributed by atoms with Gasteiger partial charge in [0.15, 0.2) is 16.7 Å². The number of amides is 1. The van der Waals surface area contributed by atoms with Crippen LogP contribution in [-0.2, 0) is 16.4 Å². The molecule has 1 aromatic carbocycles.